The average molecular weight is 667 g/mol. The second-order valence-corrected chi connectivity index (χ2v) is 10.6. The van der Waals surface area contributed by atoms with Gasteiger partial charge in [-0.1, -0.05) is 31.7 Å². The van der Waals surface area contributed by atoms with Crippen LogP contribution >= 0.6 is 0 Å². The van der Waals surface area contributed by atoms with Crippen molar-refractivity contribution < 1.29 is 63.1 Å². The second-order valence-electron chi connectivity index (χ2n) is 10.6. The summed E-state index contributed by atoms with van der Waals surface area (Å²) in [6.07, 6.45) is 0. The summed E-state index contributed by atoms with van der Waals surface area (Å²) >= 11 is 0. The highest BCUT2D eigenvalue weighted by atomic mass is 16.5. The molecule has 13 heteroatoms. The lowest BCUT2D eigenvalue weighted by atomic mass is 9.82. The number of phenols is 2. The van der Waals surface area contributed by atoms with Gasteiger partial charge in [0, 0.05) is 41.7 Å². The van der Waals surface area contributed by atoms with Gasteiger partial charge >= 0.3 is 17.9 Å². The largest absolute Gasteiger partial charge is 0.507 e. The molecule has 0 bridgehead atoms. The number of aromatic carboxylic acids is 1. The zero-order chi connectivity index (χ0) is 35.2. The first-order valence-corrected chi connectivity index (χ1v) is 13.9. The highest BCUT2D eigenvalue weighted by Gasteiger charge is 2.37. The molecule has 4 aromatic carbocycles. The van der Waals surface area contributed by atoms with Crippen molar-refractivity contribution in [3.63, 3.8) is 0 Å². The Labute approximate surface area is 277 Å². The molecule has 0 aliphatic heterocycles. The number of Topliss-reactive ketones (excluding diaryl/α,β-unsaturated/α-hetero) is 1. The standard InChI is InChI=1S/C20H14O7.C15H8O6.CH4/c1-9(21)12-7-14-18(16(8-12)27-11(3)23)20(25)17-13(19(14)24)5-4-6-15(17)26-10(2)22;16-9-3-1-2-7-11(9)14(19)12-8(13(7)18)4-6(15(20)21)5-10(12)17;/h4-8H,1-3H3;1-5,16-17H,(H,20,21);1H4. The molecule has 0 saturated carbocycles. The number of phenolic OH excluding ortho intramolecular Hbond substituents is 2. The zero-order valence-electron chi connectivity index (χ0n) is 25.2. The van der Waals surface area contributed by atoms with E-state index in [1.807, 2.05) is 0 Å². The molecular weight excluding hydrogens is 640 g/mol. The van der Waals surface area contributed by atoms with Crippen molar-refractivity contribution in [2.24, 2.45) is 0 Å². The molecule has 13 nitrogen and oxygen atoms in total. The van der Waals surface area contributed by atoms with Crippen LogP contribution in [0.25, 0.3) is 0 Å². The lowest BCUT2D eigenvalue weighted by molar-refractivity contribution is -0.132. The number of ketones is 5. The second kappa shape index (κ2) is 13.2. The monoisotopic (exact) mass is 666 g/mol. The van der Waals surface area contributed by atoms with Gasteiger partial charge in [0.25, 0.3) is 0 Å². The van der Waals surface area contributed by atoms with Crippen molar-refractivity contribution in [1.82, 2.24) is 0 Å². The Balaban J connectivity index is 0.000000223. The normalized spacial score (nSPS) is 12.1. The quantitative estimate of drug-likeness (QED) is 0.132. The van der Waals surface area contributed by atoms with Crippen LogP contribution in [0.4, 0.5) is 0 Å². The Morgan fingerprint density at radius 3 is 1.57 bits per heavy atom. The van der Waals surface area contributed by atoms with Gasteiger partial charge in [0.05, 0.1) is 27.8 Å². The summed E-state index contributed by atoms with van der Waals surface area (Å²) in [5, 5.41) is 28.6. The van der Waals surface area contributed by atoms with Crippen molar-refractivity contribution in [2.75, 3.05) is 0 Å². The summed E-state index contributed by atoms with van der Waals surface area (Å²) in [6, 6.07) is 12.8. The summed E-state index contributed by atoms with van der Waals surface area (Å²) < 4.78 is 10.1. The minimum Gasteiger partial charge on any atom is -0.507 e. The number of carboxylic acid groups (broad SMARTS) is 1. The predicted octanol–water partition coefficient (Wildman–Crippen LogP) is 4.72. The smallest absolute Gasteiger partial charge is 0.335 e. The van der Waals surface area contributed by atoms with E-state index in [9.17, 15) is 48.6 Å². The average Bonchev–Trinajstić information content (AvgIpc) is 3.01. The number of carboxylic acids is 1. The molecule has 3 N–H and O–H groups in total. The van der Waals surface area contributed by atoms with Gasteiger partial charge in [-0.15, -0.1) is 0 Å². The Hall–Kier alpha value is -6.76. The van der Waals surface area contributed by atoms with Gasteiger partial charge < -0.3 is 24.8 Å². The van der Waals surface area contributed by atoms with Gasteiger partial charge in [0.15, 0.2) is 17.3 Å². The number of benzene rings is 4. The number of esters is 2. The molecule has 2 aliphatic rings. The molecule has 0 unspecified atom stereocenters. The summed E-state index contributed by atoms with van der Waals surface area (Å²) in [5.41, 5.74) is -1.09. The zero-order valence-corrected chi connectivity index (χ0v) is 25.2. The van der Waals surface area contributed by atoms with Crippen LogP contribution in [0.5, 0.6) is 23.0 Å². The molecule has 6 rings (SSSR count). The van der Waals surface area contributed by atoms with Crippen molar-refractivity contribution in [1.29, 1.82) is 0 Å². The Morgan fingerprint density at radius 2 is 1.00 bits per heavy atom. The van der Waals surface area contributed by atoms with Crippen LogP contribution < -0.4 is 9.47 Å². The van der Waals surface area contributed by atoms with E-state index < -0.39 is 46.8 Å². The molecule has 4 aromatic rings. The molecular formula is C36H26O13. The van der Waals surface area contributed by atoms with E-state index in [2.05, 4.69) is 0 Å². The van der Waals surface area contributed by atoms with Crippen LogP contribution in [-0.4, -0.2) is 62.1 Å². The van der Waals surface area contributed by atoms with Crippen LogP contribution in [0.15, 0.2) is 60.7 Å². The maximum absolute atomic E-state index is 13.1. The van der Waals surface area contributed by atoms with Gasteiger partial charge in [-0.05, 0) is 43.3 Å². The summed E-state index contributed by atoms with van der Waals surface area (Å²) in [5.74, 6) is -6.76. The Kier molecular flexibility index (Phi) is 9.43. The number of hydrogen-bond acceptors (Lipinski definition) is 12. The predicted molar refractivity (Wildman–Crippen MR) is 169 cm³/mol. The molecule has 0 radical (unpaired) electrons. The minimum absolute atomic E-state index is 0. The Bertz CT molecular complexity index is 2190. The van der Waals surface area contributed by atoms with Gasteiger partial charge in [-0.25, -0.2) is 4.79 Å². The molecule has 0 spiro atoms. The van der Waals surface area contributed by atoms with Crippen LogP contribution in [0.3, 0.4) is 0 Å². The topological polar surface area (TPSA) is 216 Å². The Morgan fingerprint density at radius 1 is 0.531 bits per heavy atom. The van der Waals surface area contributed by atoms with E-state index in [0.717, 1.165) is 19.1 Å². The first kappa shape index (κ1) is 35.1. The van der Waals surface area contributed by atoms with E-state index in [1.54, 1.807) is 0 Å². The maximum atomic E-state index is 13.1. The van der Waals surface area contributed by atoms with Crippen molar-refractivity contribution in [3.8, 4) is 23.0 Å². The number of carbonyl (C=O) groups excluding carboxylic acids is 7. The van der Waals surface area contributed by atoms with E-state index in [1.165, 1.54) is 62.4 Å². The summed E-state index contributed by atoms with van der Waals surface area (Å²) in [4.78, 5) is 96.4. The van der Waals surface area contributed by atoms with Crippen LogP contribution in [-0.2, 0) is 9.59 Å². The molecule has 0 heterocycles. The molecule has 0 amide bonds. The van der Waals surface area contributed by atoms with E-state index >= 15 is 0 Å². The number of rotatable bonds is 4. The van der Waals surface area contributed by atoms with Gasteiger partial charge in [0.1, 0.15) is 23.0 Å². The number of hydrogen-bond donors (Lipinski definition) is 3. The highest BCUT2D eigenvalue weighted by Crippen LogP contribution is 2.39. The van der Waals surface area contributed by atoms with E-state index in [-0.39, 0.29) is 86.1 Å². The first-order chi connectivity index (χ1) is 22.6. The number of aromatic hydroxyl groups is 2. The van der Waals surface area contributed by atoms with Gasteiger partial charge in [0.2, 0.25) is 11.6 Å². The van der Waals surface area contributed by atoms with Gasteiger partial charge in [-0.2, -0.15) is 0 Å². The maximum Gasteiger partial charge on any atom is 0.335 e. The number of fused-ring (bicyclic) bond motifs is 4. The molecule has 248 valence electrons. The lowest BCUT2D eigenvalue weighted by Crippen LogP contribution is -2.24. The lowest BCUT2D eigenvalue weighted by Gasteiger charge is -2.22. The molecule has 0 aromatic heterocycles. The van der Waals surface area contributed by atoms with E-state index in [0.29, 0.717) is 0 Å². The number of carbonyl (C=O) groups is 8. The third-order valence-electron chi connectivity index (χ3n) is 7.34. The van der Waals surface area contributed by atoms with Crippen LogP contribution in [0.1, 0.15) is 113 Å². The SMILES string of the molecule is C.CC(=O)Oc1cccc2c1C(=O)c1c(OC(C)=O)cc(C(C)=O)cc1C2=O.O=C(O)c1cc(O)c2c(c1)C(=O)c1cccc(O)c1C2=O. The van der Waals surface area contributed by atoms with Crippen molar-refractivity contribution in [3.05, 3.63) is 116 Å². The van der Waals surface area contributed by atoms with Gasteiger partial charge in [-0.3, -0.25) is 33.6 Å². The third-order valence-corrected chi connectivity index (χ3v) is 7.34. The molecule has 2 aliphatic carbocycles. The molecule has 0 atom stereocenters. The molecule has 0 saturated heterocycles. The first-order valence-electron chi connectivity index (χ1n) is 13.9. The van der Waals surface area contributed by atoms with Crippen LogP contribution in [0.2, 0.25) is 0 Å². The van der Waals surface area contributed by atoms with Crippen molar-refractivity contribution in [2.45, 2.75) is 28.2 Å². The van der Waals surface area contributed by atoms with E-state index in [4.69, 9.17) is 14.6 Å². The molecule has 0 fully saturated rings. The van der Waals surface area contributed by atoms with Crippen LogP contribution in [0, 0.1) is 0 Å². The summed E-state index contributed by atoms with van der Waals surface area (Å²) in [6.45, 7) is 3.60. The fourth-order valence-corrected chi connectivity index (χ4v) is 5.34. The summed E-state index contributed by atoms with van der Waals surface area (Å²) in [7, 11) is 0. The number of ether oxygens (including phenoxy) is 2. The molecule has 49 heavy (non-hydrogen) atoms. The minimum atomic E-state index is -1.32. The van der Waals surface area contributed by atoms with Crippen molar-refractivity contribution >= 4 is 46.8 Å². The third kappa shape index (κ3) is 6.20. The highest BCUT2D eigenvalue weighted by molar-refractivity contribution is 6.31. The fourth-order valence-electron chi connectivity index (χ4n) is 5.34. The fraction of sp³-hybridized carbons (Fsp3) is 0.111.